The van der Waals surface area contributed by atoms with Crippen molar-refractivity contribution in [3.63, 3.8) is 0 Å². The molecular weight excluding hydrogens is 338 g/mol. The number of aryl methyl sites for hydroxylation is 1. The van der Waals surface area contributed by atoms with Gasteiger partial charge < -0.3 is 0 Å². The van der Waals surface area contributed by atoms with Crippen LogP contribution >= 0.6 is 0 Å². The van der Waals surface area contributed by atoms with Crippen molar-refractivity contribution in [3.05, 3.63) is 83.9 Å². The second-order valence-electron chi connectivity index (χ2n) is 6.70. The van der Waals surface area contributed by atoms with Gasteiger partial charge in [-0.1, -0.05) is 48.0 Å². The van der Waals surface area contributed by atoms with Crippen molar-refractivity contribution in [1.82, 2.24) is 14.9 Å². The highest BCUT2D eigenvalue weighted by atomic mass is 16.2. The third kappa shape index (κ3) is 2.66. The molecule has 0 saturated heterocycles. The van der Waals surface area contributed by atoms with E-state index >= 15 is 0 Å². The molecule has 1 amide bonds. The predicted molar refractivity (Wildman–Crippen MR) is 102 cm³/mol. The molecule has 134 valence electrons. The number of nitrogens with zero attached hydrogens (tertiary/aromatic N) is 3. The van der Waals surface area contributed by atoms with Crippen molar-refractivity contribution in [2.75, 3.05) is 7.05 Å². The first-order valence-corrected chi connectivity index (χ1v) is 8.64. The van der Waals surface area contributed by atoms with Gasteiger partial charge in [-0.15, -0.1) is 0 Å². The van der Waals surface area contributed by atoms with Crippen LogP contribution in [-0.4, -0.2) is 33.8 Å². The standard InChI is InChI=1S/C21H19N5O/c1-14-5-3-7-17(9-14)21(19(27)26(2)20(22)25-21)18-8-4-6-15(10-18)16-11-23-13-24-12-16/h3-13H,1-2H3,(H2,22,25)/p+1. The Morgan fingerprint density at radius 2 is 1.67 bits per heavy atom. The van der Waals surface area contributed by atoms with Crippen LogP contribution in [0.2, 0.25) is 0 Å². The maximum Gasteiger partial charge on any atom is 0.352 e. The first-order valence-electron chi connectivity index (χ1n) is 8.64. The van der Waals surface area contributed by atoms with Crippen LogP contribution in [0, 0.1) is 6.92 Å². The number of hydrogen-bond donors (Lipinski definition) is 2. The first kappa shape index (κ1) is 16.9. The molecule has 1 aromatic heterocycles. The van der Waals surface area contributed by atoms with Gasteiger partial charge in [0.15, 0.2) is 0 Å². The SMILES string of the molecule is Cc1cccc(C2(c3cccc(-c4cncnc4)c3)[NH+]=C(N)N(C)C2=O)c1. The van der Waals surface area contributed by atoms with Gasteiger partial charge in [0, 0.05) is 29.1 Å². The van der Waals surface area contributed by atoms with E-state index in [0.717, 1.165) is 27.8 Å². The molecule has 4 rings (SSSR count). The van der Waals surface area contributed by atoms with Crippen LogP contribution < -0.4 is 10.7 Å². The van der Waals surface area contributed by atoms with Crippen LogP contribution in [0.4, 0.5) is 0 Å². The number of aromatic nitrogens is 2. The molecule has 0 aliphatic carbocycles. The third-order valence-corrected chi connectivity index (χ3v) is 4.94. The second-order valence-corrected chi connectivity index (χ2v) is 6.70. The van der Waals surface area contributed by atoms with Gasteiger partial charge in [-0.2, -0.15) is 0 Å². The number of nitrogens with two attached hydrogens (primary N) is 1. The minimum Gasteiger partial charge on any atom is -0.290 e. The number of benzene rings is 2. The molecule has 1 aliphatic heterocycles. The van der Waals surface area contributed by atoms with Crippen LogP contribution in [0.3, 0.4) is 0 Å². The summed E-state index contributed by atoms with van der Waals surface area (Å²) in [6.07, 6.45) is 5.00. The topological polar surface area (TPSA) is 86.1 Å². The maximum atomic E-state index is 13.3. The Bertz CT molecular complexity index is 1050. The smallest absolute Gasteiger partial charge is 0.290 e. The zero-order chi connectivity index (χ0) is 19.0. The minimum absolute atomic E-state index is 0.118. The number of rotatable bonds is 3. The summed E-state index contributed by atoms with van der Waals surface area (Å²) in [5.74, 6) is 0.210. The van der Waals surface area contributed by atoms with Gasteiger partial charge >= 0.3 is 11.9 Å². The molecule has 0 fully saturated rings. The Hall–Kier alpha value is -3.54. The van der Waals surface area contributed by atoms with Crippen LogP contribution in [-0.2, 0) is 10.3 Å². The fraction of sp³-hybridized carbons (Fsp3) is 0.143. The molecule has 3 N–H and O–H groups in total. The van der Waals surface area contributed by atoms with E-state index in [1.54, 1.807) is 19.4 Å². The zero-order valence-corrected chi connectivity index (χ0v) is 15.2. The van der Waals surface area contributed by atoms with Crippen molar-refractivity contribution in [1.29, 1.82) is 0 Å². The molecule has 2 aromatic carbocycles. The summed E-state index contributed by atoms with van der Waals surface area (Å²) >= 11 is 0. The van der Waals surface area contributed by atoms with Crippen molar-refractivity contribution >= 4 is 11.9 Å². The van der Waals surface area contributed by atoms with E-state index in [0.29, 0.717) is 5.96 Å². The van der Waals surface area contributed by atoms with Gasteiger partial charge in [-0.25, -0.2) is 14.9 Å². The van der Waals surface area contributed by atoms with Crippen LogP contribution in [0.15, 0.2) is 67.3 Å². The molecule has 0 spiro atoms. The monoisotopic (exact) mass is 358 g/mol. The molecule has 1 atom stereocenters. The van der Waals surface area contributed by atoms with Crippen LogP contribution in [0.5, 0.6) is 0 Å². The third-order valence-electron chi connectivity index (χ3n) is 4.94. The van der Waals surface area contributed by atoms with Crippen molar-refractivity contribution in [2.45, 2.75) is 12.5 Å². The summed E-state index contributed by atoms with van der Waals surface area (Å²) in [5.41, 5.74) is 9.57. The number of carbonyl (C=O) groups excluding carboxylic acids is 1. The van der Waals surface area contributed by atoms with E-state index in [4.69, 9.17) is 5.73 Å². The van der Waals surface area contributed by atoms with Gasteiger partial charge in [0.1, 0.15) is 6.33 Å². The van der Waals surface area contributed by atoms with E-state index < -0.39 is 5.54 Å². The average molecular weight is 358 g/mol. The van der Waals surface area contributed by atoms with Crippen LogP contribution in [0.25, 0.3) is 11.1 Å². The Morgan fingerprint density at radius 1 is 1.00 bits per heavy atom. The van der Waals surface area contributed by atoms with Gasteiger partial charge in [-0.05, 0) is 18.6 Å². The summed E-state index contributed by atoms with van der Waals surface area (Å²) in [5, 5.41) is 0. The van der Waals surface area contributed by atoms with Crippen molar-refractivity contribution in [2.24, 2.45) is 5.73 Å². The predicted octanol–water partition coefficient (Wildman–Crippen LogP) is 0.563. The van der Waals surface area contributed by atoms with E-state index in [1.165, 1.54) is 11.2 Å². The molecule has 6 nitrogen and oxygen atoms in total. The maximum absolute atomic E-state index is 13.3. The Labute approximate surface area is 157 Å². The number of amides is 1. The number of carbonyl (C=O) groups is 1. The number of hydrogen-bond acceptors (Lipinski definition) is 4. The average Bonchev–Trinajstić information content (AvgIpc) is 2.94. The number of nitrogens with one attached hydrogen (secondary N) is 1. The quantitative estimate of drug-likeness (QED) is 0.716. The van der Waals surface area contributed by atoms with E-state index in [2.05, 4.69) is 15.0 Å². The highest BCUT2D eigenvalue weighted by molar-refractivity contribution is 6.03. The number of likely N-dealkylation sites (N-methyl/N-ethyl adjacent to an activating group) is 1. The fourth-order valence-corrected chi connectivity index (χ4v) is 3.51. The van der Waals surface area contributed by atoms with Crippen molar-refractivity contribution in [3.8, 4) is 11.1 Å². The summed E-state index contributed by atoms with van der Waals surface area (Å²) in [6, 6.07) is 15.7. The normalized spacial score (nSPS) is 19.3. The first-order chi connectivity index (χ1) is 13.0. The van der Waals surface area contributed by atoms with E-state index in [1.807, 2.05) is 55.5 Å². The van der Waals surface area contributed by atoms with Crippen LogP contribution in [0.1, 0.15) is 16.7 Å². The molecule has 27 heavy (non-hydrogen) atoms. The molecule has 1 unspecified atom stereocenters. The van der Waals surface area contributed by atoms with Gasteiger partial charge in [0.2, 0.25) is 5.54 Å². The highest BCUT2D eigenvalue weighted by Gasteiger charge is 2.53. The molecule has 0 saturated carbocycles. The molecule has 2 heterocycles. The van der Waals surface area contributed by atoms with Gasteiger partial charge in [-0.3, -0.25) is 15.5 Å². The lowest BCUT2D eigenvalue weighted by atomic mass is 9.81. The fourth-order valence-electron chi connectivity index (χ4n) is 3.51. The van der Waals surface area contributed by atoms with E-state index in [-0.39, 0.29) is 5.91 Å². The largest absolute Gasteiger partial charge is 0.352 e. The lowest BCUT2D eigenvalue weighted by Gasteiger charge is -2.24. The van der Waals surface area contributed by atoms with Gasteiger partial charge in [0.05, 0.1) is 7.05 Å². The molecule has 0 radical (unpaired) electrons. The zero-order valence-electron chi connectivity index (χ0n) is 15.2. The molecule has 0 bridgehead atoms. The lowest BCUT2D eigenvalue weighted by molar-refractivity contribution is -0.525. The molecular formula is C21H20N5O+. The summed E-state index contributed by atoms with van der Waals surface area (Å²) < 4.78 is 0. The highest BCUT2D eigenvalue weighted by Crippen LogP contribution is 2.32. The lowest BCUT2D eigenvalue weighted by Crippen LogP contribution is -2.85. The molecule has 6 heteroatoms. The molecule has 1 aliphatic rings. The summed E-state index contributed by atoms with van der Waals surface area (Å²) in [4.78, 5) is 26.2. The Kier molecular flexibility index (Phi) is 3.96. The van der Waals surface area contributed by atoms with Crippen molar-refractivity contribution < 1.29 is 9.79 Å². The second kappa shape index (κ2) is 6.32. The van der Waals surface area contributed by atoms with Gasteiger partial charge in [0.25, 0.3) is 0 Å². The number of guanidine groups is 1. The Morgan fingerprint density at radius 3 is 2.30 bits per heavy atom. The minimum atomic E-state index is -1.07. The molecule has 3 aromatic rings. The summed E-state index contributed by atoms with van der Waals surface area (Å²) in [6.45, 7) is 2.01. The Balaban J connectivity index is 1.95. The summed E-state index contributed by atoms with van der Waals surface area (Å²) in [7, 11) is 1.68. The van der Waals surface area contributed by atoms with E-state index in [9.17, 15) is 4.79 Å².